The Labute approximate surface area is 120 Å². The highest BCUT2D eigenvalue weighted by molar-refractivity contribution is 7.15. The van der Waals surface area contributed by atoms with Crippen molar-refractivity contribution in [2.45, 2.75) is 13.3 Å². The van der Waals surface area contributed by atoms with Crippen LogP contribution in [0.25, 0.3) is 0 Å². The molecule has 0 aromatic carbocycles. The maximum atomic E-state index is 11.8. The zero-order valence-electron chi connectivity index (χ0n) is 11.2. The lowest BCUT2D eigenvalue weighted by Crippen LogP contribution is -2.39. The first-order valence-corrected chi connectivity index (χ1v) is 7.18. The standard InChI is InChI=1S/C12H16N4O3S/c1-2-10-14-15-12(20-10)13-9(17)3-4-11(18)16-5-7-19-8-6-16/h3-4H,2,5-8H2,1H3,(H,13,15,17)/b4-3+. The van der Waals surface area contributed by atoms with Crippen molar-refractivity contribution in [3.8, 4) is 0 Å². The van der Waals surface area contributed by atoms with Crippen molar-refractivity contribution >= 4 is 28.3 Å². The Morgan fingerprint density at radius 1 is 1.35 bits per heavy atom. The molecule has 0 bridgehead atoms. The van der Waals surface area contributed by atoms with E-state index in [0.29, 0.717) is 31.4 Å². The third kappa shape index (κ3) is 4.10. The monoisotopic (exact) mass is 296 g/mol. The topological polar surface area (TPSA) is 84.4 Å². The van der Waals surface area contributed by atoms with Gasteiger partial charge in [0.1, 0.15) is 5.01 Å². The summed E-state index contributed by atoms with van der Waals surface area (Å²) in [5.41, 5.74) is 0. The summed E-state index contributed by atoms with van der Waals surface area (Å²) in [6, 6.07) is 0. The Kier molecular flexibility index (Phi) is 5.19. The molecule has 7 nitrogen and oxygen atoms in total. The number of carbonyl (C=O) groups is 2. The summed E-state index contributed by atoms with van der Waals surface area (Å²) in [4.78, 5) is 25.1. The first-order valence-electron chi connectivity index (χ1n) is 6.37. The van der Waals surface area contributed by atoms with Gasteiger partial charge < -0.3 is 9.64 Å². The molecule has 8 heteroatoms. The fraction of sp³-hybridized carbons (Fsp3) is 0.500. The molecule has 1 aliphatic heterocycles. The molecule has 2 rings (SSSR count). The molecule has 20 heavy (non-hydrogen) atoms. The summed E-state index contributed by atoms with van der Waals surface area (Å²) in [5.74, 6) is -0.569. The number of ether oxygens (including phenoxy) is 1. The van der Waals surface area contributed by atoms with Gasteiger partial charge in [-0.05, 0) is 6.42 Å². The molecule has 0 aliphatic carbocycles. The van der Waals surface area contributed by atoms with Crippen LogP contribution in [0, 0.1) is 0 Å². The van der Waals surface area contributed by atoms with E-state index in [1.807, 2.05) is 6.92 Å². The molecule has 108 valence electrons. The summed E-state index contributed by atoms with van der Waals surface area (Å²) in [6.07, 6.45) is 3.26. The van der Waals surface area contributed by atoms with Crippen molar-refractivity contribution in [3.05, 3.63) is 17.2 Å². The largest absolute Gasteiger partial charge is 0.378 e. The molecular weight excluding hydrogens is 280 g/mol. The van der Waals surface area contributed by atoms with Gasteiger partial charge in [0.15, 0.2) is 0 Å². The second-order valence-electron chi connectivity index (χ2n) is 4.11. The van der Waals surface area contributed by atoms with Gasteiger partial charge in [-0.15, -0.1) is 10.2 Å². The average Bonchev–Trinajstić information content (AvgIpc) is 2.93. The molecule has 2 heterocycles. The van der Waals surface area contributed by atoms with E-state index in [1.54, 1.807) is 4.90 Å². The average molecular weight is 296 g/mol. The molecule has 0 spiro atoms. The molecular formula is C12H16N4O3S. The van der Waals surface area contributed by atoms with Gasteiger partial charge in [-0.3, -0.25) is 14.9 Å². The third-order valence-electron chi connectivity index (χ3n) is 2.70. The number of hydrogen-bond acceptors (Lipinski definition) is 6. The van der Waals surface area contributed by atoms with Crippen LogP contribution in [0.5, 0.6) is 0 Å². The van der Waals surface area contributed by atoms with Crippen LogP contribution in [0.4, 0.5) is 5.13 Å². The van der Waals surface area contributed by atoms with Gasteiger partial charge in [-0.25, -0.2) is 0 Å². The molecule has 0 saturated carbocycles. The van der Waals surface area contributed by atoms with E-state index in [0.717, 1.165) is 11.4 Å². The van der Waals surface area contributed by atoms with Crippen LogP contribution in [-0.4, -0.2) is 53.2 Å². The van der Waals surface area contributed by atoms with Crippen LogP contribution in [-0.2, 0) is 20.7 Å². The SMILES string of the molecule is CCc1nnc(NC(=O)/C=C/C(=O)N2CCOCC2)s1. The van der Waals surface area contributed by atoms with E-state index in [2.05, 4.69) is 15.5 Å². The van der Waals surface area contributed by atoms with Crippen molar-refractivity contribution in [3.63, 3.8) is 0 Å². The third-order valence-corrected chi connectivity index (χ3v) is 3.68. The van der Waals surface area contributed by atoms with E-state index >= 15 is 0 Å². The molecule has 0 unspecified atom stereocenters. The first kappa shape index (κ1) is 14.6. The number of nitrogens with one attached hydrogen (secondary N) is 1. The number of carbonyl (C=O) groups excluding carboxylic acids is 2. The zero-order chi connectivity index (χ0) is 14.4. The summed E-state index contributed by atoms with van der Waals surface area (Å²) in [6.45, 7) is 4.15. The summed E-state index contributed by atoms with van der Waals surface area (Å²) < 4.78 is 5.16. The van der Waals surface area contributed by atoms with Crippen molar-refractivity contribution < 1.29 is 14.3 Å². The van der Waals surface area contributed by atoms with Crippen LogP contribution < -0.4 is 5.32 Å². The Bertz CT molecular complexity index is 509. The molecule has 1 aromatic heterocycles. The van der Waals surface area contributed by atoms with Gasteiger partial charge in [0.25, 0.3) is 0 Å². The Morgan fingerprint density at radius 3 is 2.75 bits per heavy atom. The lowest BCUT2D eigenvalue weighted by molar-refractivity contribution is -0.130. The Morgan fingerprint density at radius 2 is 2.10 bits per heavy atom. The van der Waals surface area contributed by atoms with Gasteiger partial charge >= 0.3 is 0 Å². The van der Waals surface area contributed by atoms with E-state index in [1.165, 1.54) is 23.5 Å². The summed E-state index contributed by atoms with van der Waals surface area (Å²) in [5, 5.41) is 11.6. The minimum atomic E-state index is -0.384. The van der Waals surface area contributed by atoms with Crippen molar-refractivity contribution in [2.75, 3.05) is 31.6 Å². The van der Waals surface area contributed by atoms with Crippen LogP contribution in [0.2, 0.25) is 0 Å². The van der Waals surface area contributed by atoms with E-state index in [9.17, 15) is 9.59 Å². The predicted molar refractivity (Wildman–Crippen MR) is 74.5 cm³/mol. The maximum Gasteiger partial charge on any atom is 0.250 e. The number of morpholine rings is 1. The van der Waals surface area contributed by atoms with Gasteiger partial charge in [0.2, 0.25) is 16.9 Å². The molecule has 1 saturated heterocycles. The van der Waals surface area contributed by atoms with E-state index in [-0.39, 0.29) is 11.8 Å². The Hall–Kier alpha value is -1.80. The summed E-state index contributed by atoms with van der Waals surface area (Å²) >= 11 is 1.32. The molecule has 0 radical (unpaired) electrons. The minimum Gasteiger partial charge on any atom is -0.378 e. The molecule has 1 fully saturated rings. The van der Waals surface area contributed by atoms with Crippen molar-refractivity contribution in [1.29, 1.82) is 0 Å². The normalized spacial score (nSPS) is 15.6. The fourth-order valence-electron chi connectivity index (χ4n) is 1.63. The highest BCUT2D eigenvalue weighted by Gasteiger charge is 2.14. The Balaban J connectivity index is 1.83. The number of amides is 2. The van der Waals surface area contributed by atoms with Crippen molar-refractivity contribution in [1.82, 2.24) is 15.1 Å². The fourth-order valence-corrected chi connectivity index (χ4v) is 2.31. The smallest absolute Gasteiger partial charge is 0.250 e. The lowest BCUT2D eigenvalue weighted by atomic mass is 10.3. The number of hydrogen-bond donors (Lipinski definition) is 1. The number of aryl methyl sites for hydroxylation is 1. The number of rotatable bonds is 4. The quantitative estimate of drug-likeness (QED) is 0.816. The second-order valence-corrected chi connectivity index (χ2v) is 5.18. The van der Waals surface area contributed by atoms with Crippen LogP contribution in [0.15, 0.2) is 12.2 Å². The van der Waals surface area contributed by atoms with E-state index in [4.69, 9.17) is 4.74 Å². The lowest BCUT2D eigenvalue weighted by Gasteiger charge is -2.25. The predicted octanol–water partition coefficient (Wildman–Crippen LogP) is 0.454. The van der Waals surface area contributed by atoms with Gasteiger partial charge in [-0.2, -0.15) is 0 Å². The first-order chi connectivity index (χ1) is 9.69. The molecule has 1 N–H and O–H groups in total. The second kappa shape index (κ2) is 7.11. The summed E-state index contributed by atoms with van der Waals surface area (Å²) in [7, 11) is 0. The van der Waals surface area contributed by atoms with Gasteiger partial charge in [0, 0.05) is 25.2 Å². The van der Waals surface area contributed by atoms with Gasteiger partial charge in [-0.1, -0.05) is 18.3 Å². The maximum absolute atomic E-state index is 11.8. The molecule has 1 aliphatic rings. The molecule has 2 amide bonds. The number of anilines is 1. The van der Waals surface area contributed by atoms with E-state index < -0.39 is 0 Å². The minimum absolute atomic E-state index is 0.185. The molecule has 0 atom stereocenters. The van der Waals surface area contributed by atoms with Crippen LogP contribution in [0.3, 0.4) is 0 Å². The number of nitrogens with zero attached hydrogens (tertiary/aromatic N) is 3. The van der Waals surface area contributed by atoms with Crippen LogP contribution in [0.1, 0.15) is 11.9 Å². The van der Waals surface area contributed by atoms with Crippen LogP contribution >= 0.6 is 11.3 Å². The molecule has 1 aromatic rings. The highest BCUT2D eigenvalue weighted by Crippen LogP contribution is 2.15. The number of aromatic nitrogens is 2. The van der Waals surface area contributed by atoms with Crippen molar-refractivity contribution in [2.24, 2.45) is 0 Å². The zero-order valence-corrected chi connectivity index (χ0v) is 12.0. The highest BCUT2D eigenvalue weighted by atomic mass is 32.1. The van der Waals surface area contributed by atoms with Gasteiger partial charge in [0.05, 0.1) is 13.2 Å².